The van der Waals surface area contributed by atoms with Crippen LogP contribution >= 0.6 is 0 Å². The number of carbonyl (C=O) groups is 1. The Kier molecular flexibility index (Phi) is 8.26. The first-order valence-corrected chi connectivity index (χ1v) is 12.9. The standard InChI is InChI=1S/C30H21F6N7O2/c1-16-22(3-2-10-38-16)23-9-6-18(29(31,32)33)12-25(23)43-27(44)42-20-14-40-28(41-15-20)45-21-7-4-17(5-8-21)24-11-19(30(34,35)36)13-39-26(24)37/h2-15H,1H3,(H2,37,39)(H2,42,43,44). The number of nitrogens with two attached hydrogens (primary N) is 1. The van der Waals surface area contributed by atoms with Crippen molar-refractivity contribution in [1.82, 2.24) is 19.9 Å². The number of nitrogen functional groups attached to an aromatic ring is 1. The summed E-state index contributed by atoms with van der Waals surface area (Å²) in [5.41, 5.74) is 5.78. The number of halogens is 6. The molecule has 2 amide bonds. The molecule has 230 valence electrons. The summed E-state index contributed by atoms with van der Waals surface area (Å²) in [6, 6.07) is 12.1. The lowest BCUT2D eigenvalue weighted by molar-refractivity contribution is -0.138. The number of nitrogens with one attached hydrogen (secondary N) is 2. The summed E-state index contributed by atoms with van der Waals surface area (Å²) in [4.78, 5) is 28.5. The number of hydrogen-bond acceptors (Lipinski definition) is 7. The van der Waals surface area contributed by atoms with Crippen molar-refractivity contribution < 1.29 is 35.9 Å². The molecule has 3 heterocycles. The van der Waals surface area contributed by atoms with Crippen molar-refractivity contribution in [1.29, 1.82) is 0 Å². The third kappa shape index (κ3) is 7.26. The summed E-state index contributed by atoms with van der Waals surface area (Å²) in [6.07, 6.45) is -4.60. The average Bonchev–Trinajstić information content (AvgIpc) is 2.98. The molecule has 0 radical (unpaired) electrons. The van der Waals surface area contributed by atoms with Crippen molar-refractivity contribution in [2.75, 3.05) is 16.4 Å². The molecular weight excluding hydrogens is 604 g/mol. The monoisotopic (exact) mass is 625 g/mol. The van der Waals surface area contributed by atoms with Gasteiger partial charge in [0, 0.05) is 34.8 Å². The smallest absolute Gasteiger partial charge is 0.417 e. The molecular formula is C30H21F6N7O2. The highest BCUT2D eigenvalue weighted by Gasteiger charge is 2.32. The number of amides is 2. The number of rotatable bonds is 6. The number of nitrogens with zero attached hydrogens (tertiary/aromatic N) is 4. The van der Waals surface area contributed by atoms with E-state index in [1.54, 1.807) is 25.3 Å². The Hall–Kier alpha value is -5.73. The van der Waals surface area contributed by atoms with E-state index in [2.05, 4.69) is 30.6 Å². The fourth-order valence-corrected chi connectivity index (χ4v) is 4.22. The van der Waals surface area contributed by atoms with Crippen molar-refractivity contribution in [2.24, 2.45) is 0 Å². The van der Waals surface area contributed by atoms with Gasteiger partial charge in [0.05, 0.1) is 34.9 Å². The van der Waals surface area contributed by atoms with Gasteiger partial charge in [-0.1, -0.05) is 24.3 Å². The molecule has 0 atom stereocenters. The van der Waals surface area contributed by atoms with Crippen LogP contribution < -0.4 is 21.1 Å². The number of alkyl halides is 6. The molecule has 0 aliphatic rings. The molecule has 9 nitrogen and oxygen atoms in total. The maximum absolute atomic E-state index is 13.4. The van der Waals surface area contributed by atoms with E-state index in [4.69, 9.17) is 10.5 Å². The van der Waals surface area contributed by atoms with E-state index >= 15 is 0 Å². The lowest BCUT2D eigenvalue weighted by atomic mass is 10.00. The topological polar surface area (TPSA) is 128 Å². The van der Waals surface area contributed by atoms with Gasteiger partial charge in [0.25, 0.3) is 0 Å². The molecule has 2 aromatic carbocycles. The van der Waals surface area contributed by atoms with Crippen LogP contribution in [0.5, 0.6) is 11.8 Å². The summed E-state index contributed by atoms with van der Waals surface area (Å²) in [5.74, 6) is 0.169. The third-order valence-corrected chi connectivity index (χ3v) is 6.40. The molecule has 4 N–H and O–H groups in total. The fraction of sp³-hybridized carbons (Fsp3) is 0.100. The number of aromatic nitrogens is 4. The predicted octanol–water partition coefficient (Wildman–Crippen LogP) is 7.97. The predicted molar refractivity (Wildman–Crippen MR) is 153 cm³/mol. The lowest BCUT2D eigenvalue weighted by Crippen LogP contribution is -2.20. The minimum absolute atomic E-state index is 0.0800. The second kappa shape index (κ2) is 12.1. The number of aryl methyl sites for hydroxylation is 1. The van der Waals surface area contributed by atoms with E-state index in [9.17, 15) is 31.1 Å². The molecule has 45 heavy (non-hydrogen) atoms. The van der Waals surface area contributed by atoms with Crippen LogP contribution in [-0.4, -0.2) is 26.0 Å². The zero-order valence-corrected chi connectivity index (χ0v) is 23.0. The first-order chi connectivity index (χ1) is 21.3. The molecule has 3 aromatic heterocycles. The SMILES string of the molecule is Cc1ncccc1-c1ccc(C(F)(F)F)cc1NC(=O)Nc1cnc(Oc2ccc(-c3cc(C(F)(F)F)cnc3N)cc2)nc1. The molecule has 0 aliphatic carbocycles. The van der Waals surface area contributed by atoms with E-state index in [0.29, 0.717) is 28.6 Å². The van der Waals surface area contributed by atoms with Crippen molar-refractivity contribution in [2.45, 2.75) is 19.3 Å². The molecule has 0 saturated carbocycles. The molecule has 0 unspecified atom stereocenters. The van der Waals surface area contributed by atoms with Gasteiger partial charge in [0.2, 0.25) is 0 Å². The molecule has 0 fully saturated rings. The van der Waals surface area contributed by atoms with E-state index in [1.165, 1.54) is 42.7 Å². The van der Waals surface area contributed by atoms with Crippen LogP contribution in [0.3, 0.4) is 0 Å². The van der Waals surface area contributed by atoms with Gasteiger partial charge in [-0.05, 0) is 48.9 Å². The van der Waals surface area contributed by atoms with Gasteiger partial charge in [-0.25, -0.2) is 19.7 Å². The Morgan fingerprint density at radius 1 is 0.756 bits per heavy atom. The summed E-state index contributed by atoms with van der Waals surface area (Å²) >= 11 is 0. The van der Waals surface area contributed by atoms with Crippen LogP contribution in [0, 0.1) is 6.92 Å². The van der Waals surface area contributed by atoms with Crippen LogP contribution in [0.1, 0.15) is 16.8 Å². The highest BCUT2D eigenvalue weighted by molar-refractivity contribution is 6.02. The van der Waals surface area contributed by atoms with Gasteiger partial charge in [-0.3, -0.25) is 4.98 Å². The summed E-state index contributed by atoms with van der Waals surface area (Å²) in [5, 5.41) is 4.90. The van der Waals surface area contributed by atoms with Gasteiger partial charge < -0.3 is 21.1 Å². The largest absolute Gasteiger partial charge is 0.424 e. The number of benzene rings is 2. The molecule has 0 saturated heterocycles. The Balaban J connectivity index is 1.27. The molecule has 15 heteroatoms. The summed E-state index contributed by atoms with van der Waals surface area (Å²) < 4.78 is 85.1. The van der Waals surface area contributed by atoms with Gasteiger partial charge in [0.1, 0.15) is 11.6 Å². The quantitative estimate of drug-likeness (QED) is 0.163. The van der Waals surface area contributed by atoms with E-state index in [-0.39, 0.29) is 34.5 Å². The van der Waals surface area contributed by atoms with Crippen LogP contribution in [0.2, 0.25) is 0 Å². The van der Waals surface area contributed by atoms with E-state index in [1.807, 2.05) is 0 Å². The van der Waals surface area contributed by atoms with E-state index in [0.717, 1.165) is 18.2 Å². The van der Waals surface area contributed by atoms with Crippen LogP contribution in [0.4, 0.5) is 48.3 Å². The van der Waals surface area contributed by atoms with Gasteiger partial charge in [-0.2, -0.15) is 26.3 Å². The number of pyridine rings is 2. The lowest BCUT2D eigenvalue weighted by Gasteiger charge is -2.16. The number of carbonyl (C=O) groups excluding carboxylic acids is 1. The van der Waals surface area contributed by atoms with Crippen molar-refractivity contribution in [3.8, 4) is 34.0 Å². The molecule has 5 rings (SSSR count). The number of ether oxygens (including phenoxy) is 1. The zero-order valence-electron chi connectivity index (χ0n) is 23.0. The van der Waals surface area contributed by atoms with Crippen LogP contribution in [0.25, 0.3) is 22.3 Å². The third-order valence-electron chi connectivity index (χ3n) is 6.40. The molecule has 0 aliphatic heterocycles. The fourth-order valence-electron chi connectivity index (χ4n) is 4.22. The van der Waals surface area contributed by atoms with E-state index < -0.39 is 29.5 Å². The Morgan fingerprint density at radius 3 is 2.09 bits per heavy atom. The Bertz CT molecular complexity index is 1840. The highest BCUT2D eigenvalue weighted by Crippen LogP contribution is 2.37. The number of urea groups is 1. The van der Waals surface area contributed by atoms with Crippen molar-refractivity contribution in [3.05, 3.63) is 102 Å². The first kappa shape index (κ1) is 30.7. The van der Waals surface area contributed by atoms with Gasteiger partial charge >= 0.3 is 24.4 Å². The van der Waals surface area contributed by atoms with Gasteiger partial charge in [0.15, 0.2) is 0 Å². The molecule has 0 bridgehead atoms. The first-order valence-electron chi connectivity index (χ1n) is 12.9. The zero-order chi connectivity index (χ0) is 32.4. The maximum atomic E-state index is 13.4. The Morgan fingerprint density at radius 2 is 1.44 bits per heavy atom. The average molecular weight is 626 g/mol. The number of hydrogen-bond donors (Lipinski definition) is 3. The minimum Gasteiger partial charge on any atom is -0.424 e. The summed E-state index contributed by atoms with van der Waals surface area (Å²) in [7, 11) is 0. The van der Waals surface area contributed by atoms with Crippen molar-refractivity contribution in [3.63, 3.8) is 0 Å². The second-order valence-corrected chi connectivity index (χ2v) is 9.51. The number of anilines is 3. The van der Waals surface area contributed by atoms with Crippen LogP contribution in [0.15, 0.2) is 85.5 Å². The van der Waals surface area contributed by atoms with Crippen LogP contribution in [-0.2, 0) is 12.4 Å². The maximum Gasteiger partial charge on any atom is 0.417 e. The summed E-state index contributed by atoms with van der Waals surface area (Å²) in [6.45, 7) is 1.69. The molecule has 5 aromatic rings. The van der Waals surface area contributed by atoms with Gasteiger partial charge in [-0.15, -0.1) is 0 Å². The Labute approximate surface area is 251 Å². The normalized spacial score (nSPS) is 11.6. The highest BCUT2D eigenvalue weighted by atomic mass is 19.4. The second-order valence-electron chi connectivity index (χ2n) is 9.51. The van der Waals surface area contributed by atoms with Crippen molar-refractivity contribution >= 4 is 23.2 Å². The molecule has 0 spiro atoms. The minimum atomic E-state index is -4.64.